The summed E-state index contributed by atoms with van der Waals surface area (Å²) in [6.07, 6.45) is 0.659. The van der Waals surface area contributed by atoms with Gasteiger partial charge >= 0.3 is 0 Å². The van der Waals surface area contributed by atoms with Crippen LogP contribution in [0.4, 0.5) is 5.82 Å². The van der Waals surface area contributed by atoms with Crippen molar-refractivity contribution in [3.05, 3.63) is 41.2 Å². The molecule has 0 aliphatic rings. The predicted octanol–water partition coefficient (Wildman–Crippen LogP) is 1.52. The number of amides is 1. The Morgan fingerprint density at radius 1 is 1.29 bits per heavy atom. The summed E-state index contributed by atoms with van der Waals surface area (Å²) < 4.78 is 5.73. The summed E-state index contributed by atoms with van der Waals surface area (Å²) in [5.41, 5.74) is 8.84. The second-order valence-electron chi connectivity index (χ2n) is 4.41. The fourth-order valence-corrected chi connectivity index (χ4v) is 1.74. The fourth-order valence-electron chi connectivity index (χ4n) is 1.74. The number of nitrogens with zero attached hydrogens (tertiary/aromatic N) is 2. The number of aryl methyl sites for hydroxylation is 1. The summed E-state index contributed by atoms with van der Waals surface area (Å²) in [5, 5.41) is 0. The first-order valence-electron chi connectivity index (χ1n) is 6.47. The maximum atomic E-state index is 11.0. The van der Waals surface area contributed by atoms with Crippen molar-refractivity contribution in [1.29, 1.82) is 0 Å². The van der Waals surface area contributed by atoms with Crippen LogP contribution in [0.15, 0.2) is 24.3 Å². The van der Waals surface area contributed by atoms with Gasteiger partial charge in [0.2, 0.25) is 11.8 Å². The van der Waals surface area contributed by atoms with Crippen LogP contribution in [0.5, 0.6) is 11.6 Å². The number of ether oxygens (including phenoxy) is 1. The molecule has 21 heavy (non-hydrogen) atoms. The normalized spacial score (nSPS) is 10.2. The van der Waals surface area contributed by atoms with Gasteiger partial charge in [0, 0.05) is 12.0 Å². The number of nitrogens with one attached hydrogen (secondary N) is 1. The number of rotatable bonds is 5. The lowest BCUT2D eigenvalue weighted by atomic mass is 10.2. The average Bonchev–Trinajstić information content (AvgIpc) is 2.49. The first kappa shape index (κ1) is 14.7. The monoisotopic (exact) mass is 287 g/mol. The van der Waals surface area contributed by atoms with Crippen molar-refractivity contribution in [2.45, 2.75) is 20.3 Å². The molecule has 5 N–H and O–H groups in total. The molecule has 0 atom stereocenters. The number of anilines is 1. The minimum Gasteiger partial charge on any atom is -0.439 e. The zero-order valence-electron chi connectivity index (χ0n) is 11.9. The van der Waals surface area contributed by atoms with Crippen LogP contribution in [-0.2, 0) is 6.42 Å². The summed E-state index contributed by atoms with van der Waals surface area (Å²) in [6.45, 7) is 3.75. The maximum Gasteiger partial charge on any atom is 0.248 e. The van der Waals surface area contributed by atoms with E-state index in [0.717, 1.165) is 0 Å². The van der Waals surface area contributed by atoms with E-state index in [-0.39, 0.29) is 0 Å². The first-order valence-corrected chi connectivity index (χ1v) is 6.47. The minimum absolute atomic E-state index is 0.417. The number of nitrogens with two attached hydrogens (primary N) is 2. The molecular weight excluding hydrogens is 270 g/mol. The highest BCUT2D eigenvalue weighted by Gasteiger charge is 2.12. The largest absolute Gasteiger partial charge is 0.439 e. The zero-order chi connectivity index (χ0) is 15.4. The Hall–Kier alpha value is -2.67. The highest BCUT2D eigenvalue weighted by Crippen LogP contribution is 2.27. The van der Waals surface area contributed by atoms with Crippen molar-refractivity contribution >= 4 is 11.7 Å². The number of primary amides is 1. The molecule has 0 unspecified atom stereocenters. The molecule has 0 saturated heterocycles. The van der Waals surface area contributed by atoms with Crippen LogP contribution in [0, 0.1) is 6.92 Å². The van der Waals surface area contributed by atoms with Gasteiger partial charge in [-0.1, -0.05) is 6.92 Å². The van der Waals surface area contributed by atoms with E-state index < -0.39 is 5.91 Å². The van der Waals surface area contributed by atoms with Crippen LogP contribution >= 0.6 is 0 Å². The van der Waals surface area contributed by atoms with E-state index in [0.29, 0.717) is 40.8 Å². The molecule has 0 spiro atoms. The third-order valence-corrected chi connectivity index (χ3v) is 2.95. The van der Waals surface area contributed by atoms with Crippen molar-refractivity contribution in [2.75, 3.05) is 5.43 Å². The number of carbonyl (C=O) groups is 1. The molecule has 7 nitrogen and oxygen atoms in total. The van der Waals surface area contributed by atoms with Gasteiger partial charge in [-0.2, -0.15) is 4.98 Å². The Balaban J connectivity index is 2.32. The van der Waals surface area contributed by atoms with Gasteiger partial charge in [-0.05, 0) is 31.2 Å². The molecule has 7 heteroatoms. The molecule has 110 valence electrons. The molecule has 1 aromatic carbocycles. The molecule has 0 aliphatic carbocycles. The van der Waals surface area contributed by atoms with E-state index >= 15 is 0 Å². The number of hydrogen-bond acceptors (Lipinski definition) is 6. The Morgan fingerprint density at radius 3 is 2.48 bits per heavy atom. The van der Waals surface area contributed by atoms with Crippen LogP contribution < -0.4 is 21.7 Å². The van der Waals surface area contributed by atoms with Crippen LogP contribution in [0.2, 0.25) is 0 Å². The standard InChI is InChI=1S/C14H17N5O2/c1-3-11-17-13(19-16)8(2)14(18-11)21-10-6-4-9(5-7-10)12(15)20/h4-7H,3,16H2,1-2H3,(H2,15,20)(H,17,18,19). The van der Waals surface area contributed by atoms with E-state index in [4.69, 9.17) is 16.3 Å². The van der Waals surface area contributed by atoms with Crippen molar-refractivity contribution < 1.29 is 9.53 Å². The second-order valence-corrected chi connectivity index (χ2v) is 4.41. The van der Waals surface area contributed by atoms with E-state index in [9.17, 15) is 4.79 Å². The molecule has 0 saturated carbocycles. The van der Waals surface area contributed by atoms with Gasteiger partial charge in [-0.15, -0.1) is 0 Å². The van der Waals surface area contributed by atoms with Gasteiger partial charge in [0.25, 0.3) is 0 Å². The SMILES string of the molecule is CCc1nc(NN)c(C)c(Oc2ccc(C(N)=O)cc2)n1. The van der Waals surface area contributed by atoms with Crippen molar-refractivity contribution in [1.82, 2.24) is 9.97 Å². The summed E-state index contributed by atoms with van der Waals surface area (Å²) in [5.74, 6) is 7.07. The minimum atomic E-state index is -0.484. The number of hydrogen-bond donors (Lipinski definition) is 3. The summed E-state index contributed by atoms with van der Waals surface area (Å²) >= 11 is 0. The molecule has 1 heterocycles. The fraction of sp³-hybridized carbons (Fsp3) is 0.214. The van der Waals surface area contributed by atoms with E-state index in [1.54, 1.807) is 24.3 Å². The lowest BCUT2D eigenvalue weighted by Gasteiger charge is -2.12. The van der Waals surface area contributed by atoms with Gasteiger partial charge < -0.3 is 15.9 Å². The predicted molar refractivity (Wildman–Crippen MR) is 79.0 cm³/mol. The van der Waals surface area contributed by atoms with Crippen LogP contribution in [0.1, 0.15) is 28.7 Å². The first-order chi connectivity index (χ1) is 10.0. The average molecular weight is 287 g/mol. The van der Waals surface area contributed by atoms with E-state index in [1.807, 2.05) is 13.8 Å². The lowest BCUT2D eigenvalue weighted by Crippen LogP contribution is -2.13. The van der Waals surface area contributed by atoms with Gasteiger partial charge in [-0.3, -0.25) is 4.79 Å². The Bertz CT molecular complexity index is 655. The molecule has 0 radical (unpaired) electrons. The Morgan fingerprint density at radius 2 is 1.95 bits per heavy atom. The summed E-state index contributed by atoms with van der Waals surface area (Å²) in [7, 11) is 0. The highest BCUT2D eigenvalue weighted by molar-refractivity contribution is 5.92. The van der Waals surface area contributed by atoms with Crippen molar-refractivity contribution in [3.8, 4) is 11.6 Å². The molecule has 1 amide bonds. The number of hydrazine groups is 1. The van der Waals surface area contributed by atoms with Crippen LogP contribution in [0.25, 0.3) is 0 Å². The van der Waals surface area contributed by atoms with E-state index in [1.165, 1.54) is 0 Å². The number of benzene rings is 1. The Labute approximate surface area is 122 Å². The molecule has 0 fully saturated rings. The molecule has 0 bridgehead atoms. The second kappa shape index (κ2) is 6.19. The summed E-state index contributed by atoms with van der Waals surface area (Å²) in [6, 6.07) is 6.50. The maximum absolute atomic E-state index is 11.0. The lowest BCUT2D eigenvalue weighted by molar-refractivity contribution is 0.100. The summed E-state index contributed by atoms with van der Waals surface area (Å²) in [4.78, 5) is 19.6. The molecule has 2 aromatic rings. The van der Waals surface area contributed by atoms with Gasteiger partial charge in [0.15, 0.2) is 0 Å². The molecule has 2 rings (SSSR count). The number of carbonyl (C=O) groups excluding carboxylic acids is 1. The molecule has 0 aliphatic heterocycles. The number of nitrogen functional groups attached to an aromatic ring is 1. The smallest absolute Gasteiger partial charge is 0.248 e. The van der Waals surface area contributed by atoms with Crippen molar-refractivity contribution in [3.63, 3.8) is 0 Å². The quantitative estimate of drug-likeness (QED) is 0.567. The molecule has 1 aromatic heterocycles. The van der Waals surface area contributed by atoms with Gasteiger partial charge in [0.05, 0.1) is 5.56 Å². The van der Waals surface area contributed by atoms with Gasteiger partial charge in [-0.25, -0.2) is 10.8 Å². The third kappa shape index (κ3) is 3.26. The topological polar surface area (TPSA) is 116 Å². The number of aromatic nitrogens is 2. The van der Waals surface area contributed by atoms with Crippen LogP contribution in [-0.4, -0.2) is 15.9 Å². The Kier molecular flexibility index (Phi) is 4.34. The van der Waals surface area contributed by atoms with Crippen molar-refractivity contribution in [2.24, 2.45) is 11.6 Å². The van der Waals surface area contributed by atoms with Gasteiger partial charge in [0.1, 0.15) is 17.4 Å². The molecular formula is C14H17N5O2. The van der Waals surface area contributed by atoms with Crippen LogP contribution in [0.3, 0.4) is 0 Å². The third-order valence-electron chi connectivity index (χ3n) is 2.95. The van der Waals surface area contributed by atoms with E-state index in [2.05, 4.69) is 15.4 Å². The zero-order valence-corrected chi connectivity index (χ0v) is 11.9. The highest BCUT2D eigenvalue weighted by atomic mass is 16.5.